The average Bonchev–Trinajstić information content (AvgIpc) is 2.33. The summed E-state index contributed by atoms with van der Waals surface area (Å²) in [5.74, 6) is -0.393. The number of aryl methyl sites for hydroxylation is 1. The van der Waals surface area contributed by atoms with Gasteiger partial charge < -0.3 is 11.1 Å². The van der Waals surface area contributed by atoms with Crippen LogP contribution >= 0.6 is 12.4 Å². The first kappa shape index (κ1) is 17.9. The molecule has 1 aromatic rings. The van der Waals surface area contributed by atoms with Crippen LogP contribution in [0.5, 0.6) is 0 Å². The van der Waals surface area contributed by atoms with Gasteiger partial charge in [0.05, 0.1) is 0 Å². The highest BCUT2D eigenvalue weighted by Crippen LogP contribution is 2.16. The van der Waals surface area contributed by atoms with Crippen LogP contribution in [0.3, 0.4) is 0 Å². The molecule has 3 nitrogen and oxygen atoms in total. The van der Waals surface area contributed by atoms with Crippen molar-refractivity contribution in [1.29, 1.82) is 0 Å². The smallest absolute Gasteiger partial charge is 0.224 e. The van der Waals surface area contributed by atoms with Gasteiger partial charge in [-0.25, -0.2) is 4.39 Å². The fraction of sp³-hybridized carbons (Fsp3) is 0.500. The Kier molecular flexibility index (Phi) is 9.17. The number of hydrogen-bond acceptors (Lipinski definition) is 2. The van der Waals surface area contributed by atoms with Gasteiger partial charge in [-0.05, 0) is 44.0 Å². The van der Waals surface area contributed by atoms with Gasteiger partial charge in [-0.15, -0.1) is 12.4 Å². The van der Waals surface area contributed by atoms with E-state index < -0.39 is 0 Å². The van der Waals surface area contributed by atoms with E-state index in [2.05, 4.69) is 5.32 Å². The topological polar surface area (TPSA) is 55.1 Å². The molecule has 1 rings (SSSR count). The molecule has 0 aliphatic carbocycles. The van der Waals surface area contributed by atoms with E-state index in [-0.39, 0.29) is 24.1 Å². The molecule has 108 valence electrons. The molecule has 0 spiro atoms. The predicted octanol–water partition coefficient (Wildman–Crippen LogP) is 3.40. The van der Waals surface area contributed by atoms with Crippen LogP contribution in [0.4, 0.5) is 10.1 Å². The molecule has 3 N–H and O–H groups in total. The van der Waals surface area contributed by atoms with Crippen LogP contribution in [-0.4, -0.2) is 12.5 Å². The number of unbranched alkanes of at least 4 members (excludes halogenated alkanes) is 3. The van der Waals surface area contributed by atoms with Crippen LogP contribution in [0.25, 0.3) is 0 Å². The van der Waals surface area contributed by atoms with Gasteiger partial charge >= 0.3 is 0 Å². The minimum Gasteiger partial charge on any atom is -0.330 e. The lowest BCUT2D eigenvalue weighted by Gasteiger charge is -2.08. The van der Waals surface area contributed by atoms with Crippen molar-refractivity contribution in [3.8, 4) is 0 Å². The number of carbonyl (C=O) groups is 1. The number of anilines is 1. The zero-order valence-corrected chi connectivity index (χ0v) is 12.1. The number of halogens is 2. The molecule has 0 heterocycles. The lowest BCUT2D eigenvalue weighted by Crippen LogP contribution is -2.12. The van der Waals surface area contributed by atoms with E-state index in [9.17, 15) is 9.18 Å². The van der Waals surface area contributed by atoms with E-state index in [1.165, 1.54) is 12.1 Å². The quantitative estimate of drug-likeness (QED) is 0.756. The summed E-state index contributed by atoms with van der Waals surface area (Å²) in [6.07, 6.45) is 4.39. The Bertz CT molecular complexity index is 399. The fourth-order valence-electron chi connectivity index (χ4n) is 1.73. The molecule has 0 fully saturated rings. The van der Waals surface area contributed by atoms with E-state index in [1.54, 1.807) is 6.07 Å². The third-order valence-electron chi connectivity index (χ3n) is 2.83. The predicted molar refractivity (Wildman–Crippen MR) is 79.2 cm³/mol. The third kappa shape index (κ3) is 7.13. The highest BCUT2D eigenvalue weighted by Gasteiger charge is 2.05. The Morgan fingerprint density at radius 1 is 1.26 bits per heavy atom. The standard InChI is InChI=1S/C14H21FN2O.ClH/c1-11-7-8-12(15)10-13(11)17-14(18)6-4-2-3-5-9-16;/h7-8,10H,2-6,9,16H2,1H3,(H,17,18);1H. The maximum Gasteiger partial charge on any atom is 0.224 e. The van der Waals surface area contributed by atoms with Crippen LogP contribution in [0.2, 0.25) is 0 Å². The zero-order chi connectivity index (χ0) is 13.4. The van der Waals surface area contributed by atoms with E-state index in [0.29, 0.717) is 18.7 Å². The molecule has 5 heteroatoms. The normalized spacial score (nSPS) is 9.84. The van der Waals surface area contributed by atoms with Crippen LogP contribution in [-0.2, 0) is 4.79 Å². The van der Waals surface area contributed by atoms with Gasteiger partial charge in [0.2, 0.25) is 5.91 Å². The summed E-state index contributed by atoms with van der Waals surface area (Å²) >= 11 is 0. The van der Waals surface area contributed by atoms with Crippen molar-refractivity contribution in [3.63, 3.8) is 0 Å². The summed E-state index contributed by atoms with van der Waals surface area (Å²) in [7, 11) is 0. The van der Waals surface area contributed by atoms with Gasteiger partial charge in [-0.1, -0.05) is 18.9 Å². The van der Waals surface area contributed by atoms with E-state index >= 15 is 0 Å². The Labute approximate surface area is 120 Å². The molecule has 1 aromatic carbocycles. The number of nitrogens with two attached hydrogens (primary N) is 1. The molecule has 0 radical (unpaired) electrons. The van der Waals surface area contributed by atoms with Crippen molar-refractivity contribution in [3.05, 3.63) is 29.6 Å². The van der Waals surface area contributed by atoms with Crippen molar-refractivity contribution in [2.45, 2.75) is 39.0 Å². The molecule has 0 aromatic heterocycles. The third-order valence-corrected chi connectivity index (χ3v) is 2.83. The number of hydrogen-bond donors (Lipinski definition) is 2. The van der Waals surface area contributed by atoms with Crippen LogP contribution in [0, 0.1) is 12.7 Å². The first-order valence-corrected chi connectivity index (χ1v) is 6.39. The summed E-state index contributed by atoms with van der Waals surface area (Å²) in [6, 6.07) is 4.39. The second-order valence-corrected chi connectivity index (χ2v) is 4.46. The lowest BCUT2D eigenvalue weighted by atomic mass is 10.1. The Hall–Kier alpha value is -1.13. The minimum absolute atomic E-state index is 0. The van der Waals surface area contributed by atoms with E-state index in [0.717, 1.165) is 31.2 Å². The Morgan fingerprint density at radius 2 is 1.95 bits per heavy atom. The Morgan fingerprint density at radius 3 is 2.63 bits per heavy atom. The van der Waals surface area contributed by atoms with Gasteiger partial charge in [0.25, 0.3) is 0 Å². The SMILES string of the molecule is Cc1ccc(F)cc1NC(=O)CCCCCCN.Cl. The molecular formula is C14H22ClFN2O. The first-order chi connectivity index (χ1) is 8.63. The number of amides is 1. The van der Waals surface area contributed by atoms with Crippen molar-refractivity contribution in [1.82, 2.24) is 0 Å². The zero-order valence-electron chi connectivity index (χ0n) is 11.2. The summed E-state index contributed by atoms with van der Waals surface area (Å²) in [5, 5.41) is 2.74. The highest BCUT2D eigenvalue weighted by molar-refractivity contribution is 5.91. The number of carbonyl (C=O) groups excluding carboxylic acids is 1. The second kappa shape index (κ2) is 9.75. The molecule has 0 unspecified atom stereocenters. The van der Waals surface area contributed by atoms with E-state index in [4.69, 9.17) is 5.73 Å². The number of nitrogens with one attached hydrogen (secondary N) is 1. The molecule has 0 atom stereocenters. The summed E-state index contributed by atoms with van der Waals surface area (Å²) in [5.41, 5.74) is 6.81. The summed E-state index contributed by atoms with van der Waals surface area (Å²) in [4.78, 5) is 11.7. The van der Waals surface area contributed by atoms with Gasteiger partial charge in [0, 0.05) is 12.1 Å². The minimum atomic E-state index is -0.334. The van der Waals surface area contributed by atoms with Gasteiger partial charge in [0.15, 0.2) is 0 Å². The molecule has 0 bridgehead atoms. The van der Waals surface area contributed by atoms with Crippen molar-refractivity contribution >= 4 is 24.0 Å². The van der Waals surface area contributed by atoms with Crippen molar-refractivity contribution in [2.75, 3.05) is 11.9 Å². The van der Waals surface area contributed by atoms with Crippen LogP contribution in [0.15, 0.2) is 18.2 Å². The maximum absolute atomic E-state index is 13.0. The Balaban J connectivity index is 0.00000324. The summed E-state index contributed by atoms with van der Waals surface area (Å²) < 4.78 is 13.0. The van der Waals surface area contributed by atoms with Gasteiger partial charge in [0.1, 0.15) is 5.82 Å². The number of benzene rings is 1. The monoisotopic (exact) mass is 288 g/mol. The molecule has 0 saturated carbocycles. The molecule has 0 aliphatic heterocycles. The number of rotatable bonds is 7. The average molecular weight is 289 g/mol. The summed E-state index contributed by atoms with van der Waals surface area (Å²) in [6.45, 7) is 2.55. The van der Waals surface area contributed by atoms with Crippen LogP contribution < -0.4 is 11.1 Å². The van der Waals surface area contributed by atoms with Gasteiger partial charge in [-0.3, -0.25) is 4.79 Å². The fourth-order valence-corrected chi connectivity index (χ4v) is 1.73. The largest absolute Gasteiger partial charge is 0.330 e. The molecule has 0 saturated heterocycles. The lowest BCUT2D eigenvalue weighted by molar-refractivity contribution is -0.116. The molecular weight excluding hydrogens is 267 g/mol. The molecule has 19 heavy (non-hydrogen) atoms. The maximum atomic E-state index is 13.0. The molecule has 1 amide bonds. The van der Waals surface area contributed by atoms with Crippen molar-refractivity contribution in [2.24, 2.45) is 5.73 Å². The van der Waals surface area contributed by atoms with Gasteiger partial charge in [-0.2, -0.15) is 0 Å². The first-order valence-electron chi connectivity index (χ1n) is 6.39. The van der Waals surface area contributed by atoms with E-state index in [1.807, 2.05) is 6.92 Å². The highest BCUT2D eigenvalue weighted by atomic mass is 35.5. The van der Waals surface area contributed by atoms with Crippen LogP contribution in [0.1, 0.15) is 37.7 Å². The second-order valence-electron chi connectivity index (χ2n) is 4.46. The molecule has 0 aliphatic rings. The van der Waals surface area contributed by atoms with Crippen molar-refractivity contribution < 1.29 is 9.18 Å².